The second-order valence-corrected chi connectivity index (χ2v) is 3.74. The van der Waals surface area contributed by atoms with Crippen LogP contribution in [0.4, 0.5) is 0 Å². The standard InChI is InChI=1S/C7H15NS/c1-6(2)5-9-7(3)4-8/h7H,1,4-5,8H2,2-3H3. The Bertz CT molecular complexity index is 90.9. The van der Waals surface area contributed by atoms with Gasteiger partial charge in [0, 0.05) is 17.5 Å². The van der Waals surface area contributed by atoms with Crippen LogP contribution in [-0.2, 0) is 0 Å². The molecule has 0 fully saturated rings. The molecule has 0 aliphatic rings. The minimum Gasteiger partial charge on any atom is -0.329 e. The van der Waals surface area contributed by atoms with Gasteiger partial charge in [-0.15, -0.1) is 0 Å². The summed E-state index contributed by atoms with van der Waals surface area (Å²) in [7, 11) is 0. The molecule has 2 heteroatoms. The lowest BCUT2D eigenvalue weighted by atomic mass is 10.4. The molecule has 0 aliphatic heterocycles. The molecule has 0 saturated heterocycles. The van der Waals surface area contributed by atoms with E-state index in [4.69, 9.17) is 5.73 Å². The first-order valence-corrected chi connectivity index (χ1v) is 4.17. The fourth-order valence-electron chi connectivity index (χ4n) is 0.353. The van der Waals surface area contributed by atoms with Gasteiger partial charge in [-0.25, -0.2) is 0 Å². The molecule has 2 N–H and O–H groups in total. The van der Waals surface area contributed by atoms with E-state index in [-0.39, 0.29) is 0 Å². The van der Waals surface area contributed by atoms with Crippen molar-refractivity contribution in [1.29, 1.82) is 0 Å². The number of hydrogen-bond acceptors (Lipinski definition) is 2. The van der Waals surface area contributed by atoms with Crippen molar-refractivity contribution < 1.29 is 0 Å². The van der Waals surface area contributed by atoms with E-state index in [9.17, 15) is 0 Å². The third-order valence-electron chi connectivity index (χ3n) is 0.946. The predicted molar refractivity (Wildman–Crippen MR) is 45.8 cm³/mol. The van der Waals surface area contributed by atoms with E-state index in [0.29, 0.717) is 5.25 Å². The molecule has 0 heterocycles. The second-order valence-electron chi connectivity index (χ2n) is 2.31. The van der Waals surface area contributed by atoms with Gasteiger partial charge in [-0.05, 0) is 6.92 Å². The van der Waals surface area contributed by atoms with E-state index >= 15 is 0 Å². The molecule has 0 bridgehead atoms. The smallest absolute Gasteiger partial charge is 0.0145 e. The van der Waals surface area contributed by atoms with E-state index in [2.05, 4.69) is 13.5 Å². The molecule has 54 valence electrons. The monoisotopic (exact) mass is 145 g/mol. The van der Waals surface area contributed by atoms with Crippen LogP contribution in [0.25, 0.3) is 0 Å². The van der Waals surface area contributed by atoms with Gasteiger partial charge in [0.15, 0.2) is 0 Å². The Morgan fingerprint density at radius 1 is 1.78 bits per heavy atom. The molecule has 9 heavy (non-hydrogen) atoms. The Morgan fingerprint density at radius 3 is 2.67 bits per heavy atom. The fraction of sp³-hybridized carbons (Fsp3) is 0.714. The van der Waals surface area contributed by atoms with Crippen molar-refractivity contribution in [2.75, 3.05) is 12.3 Å². The number of rotatable bonds is 4. The summed E-state index contributed by atoms with van der Waals surface area (Å²) < 4.78 is 0. The zero-order valence-electron chi connectivity index (χ0n) is 6.18. The third-order valence-corrected chi connectivity index (χ3v) is 2.37. The zero-order valence-corrected chi connectivity index (χ0v) is 7.00. The normalized spacial score (nSPS) is 13.2. The fourth-order valence-corrected chi connectivity index (χ4v) is 1.06. The molecule has 0 spiro atoms. The Labute approximate surface area is 61.7 Å². The van der Waals surface area contributed by atoms with Gasteiger partial charge in [-0.1, -0.05) is 19.1 Å². The van der Waals surface area contributed by atoms with Gasteiger partial charge in [0.2, 0.25) is 0 Å². The van der Waals surface area contributed by atoms with Crippen LogP contribution in [0.5, 0.6) is 0 Å². The van der Waals surface area contributed by atoms with Crippen LogP contribution in [0.1, 0.15) is 13.8 Å². The van der Waals surface area contributed by atoms with Gasteiger partial charge in [0.1, 0.15) is 0 Å². The maximum absolute atomic E-state index is 5.41. The molecule has 1 unspecified atom stereocenters. The van der Waals surface area contributed by atoms with Gasteiger partial charge >= 0.3 is 0 Å². The highest BCUT2D eigenvalue weighted by Crippen LogP contribution is 2.11. The number of hydrogen-bond donors (Lipinski definition) is 1. The Kier molecular flexibility index (Phi) is 4.91. The largest absolute Gasteiger partial charge is 0.329 e. The van der Waals surface area contributed by atoms with Gasteiger partial charge in [-0.2, -0.15) is 11.8 Å². The highest BCUT2D eigenvalue weighted by Gasteiger charge is 1.97. The van der Waals surface area contributed by atoms with Crippen molar-refractivity contribution in [2.45, 2.75) is 19.1 Å². The molecule has 0 radical (unpaired) electrons. The Hall–Kier alpha value is 0.0500. The SMILES string of the molecule is C=C(C)CSC(C)CN. The molecule has 1 nitrogen and oxygen atoms in total. The Morgan fingerprint density at radius 2 is 2.33 bits per heavy atom. The third kappa shape index (κ3) is 5.93. The lowest BCUT2D eigenvalue weighted by Crippen LogP contribution is -2.12. The molecule has 1 atom stereocenters. The average molecular weight is 145 g/mol. The van der Waals surface area contributed by atoms with Crippen molar-refractivity contribution >= 4 is 11.8 Å². The van der Waals surface area contributed by atoms with Crippen molar-refractivity contribution in [3.8, 4) is 0 Å². The summed E-state index contributed by atoms with van der Waals surface area (Å²) in [5.41, 5.74) is 6.63. The highest BCUT2D eigenvalue weighted by molar-refractivity contribution is 8.00. The summed E-state index contributed by atoms with van der Waals surface area (Å²) in [5.74, 6) is 1.04. The first kappa shape index (κ1) is 9.05. The molecular weight excluding hydrogens is 130 g/mol. The van der Waals surface area contributed by atoms with Crippen LogP contribution < -0.4 is 5.73 Å². The van der Waals surface area contributed by atoms with Gasteiger partial charge in [-0.3, -0.25) is 0 Å². The van der Waals surface area contributed by atoms with E-state index in [1.165, 1.54) is 5.57 Å². The highest BCUT2D eigenvalue weighted by atomic mass is 32.2. The molecule has 0 aromatic rings. The first-order valence-electron chi connectivity index (χ1n) is 3.13. The van der Waals surface area contributed by atoms with E-state index in [0.717, 1.165) is 12.3 Å². The average Bonchev–Trinajstić information content (AvgIpc) is 1.83. The number of nitrogens with two attached hydrogens (primary N) is 1. The van der Waals surface area contributed by atoms with Crippen molar-refractivity contribution in [3.05, 3.63) is 12.2 Å². The summed E-state index contributed by atoms with van der Waals surface area (Å²) in [6.45, 7) is 8.73. The van der Waals surface area contributed by atoms with Crippen LogP contribution in [0.2, 0.25) is 0 Å². The van der Waals surface area contributed by atoms with Gasteiger partial charge < -0.3 is 5.73 Å². The van der Waals surface area contributed by atoms with Crippen LogP contribution >= 0.6 is 11.8 Å². The summed E-state index contributed by atoms with van der Waals surface area (Å²) in [6.07, 6.45) is 0. The van der Waals surface area contributed by atoms with E-state index in [1.807, 2.05) is 18.7 Å². The molecule has 0 aromatic heterocycles. The summed E-state index contributed by atoms with van der Waals surface area (Å²) in [4.78, 5) is 0. The van der Waals surface area contributed by atoms with Crippen LogP contribution in [-0.4, -0.2) is 17.5 Å². The first-order chi connectivity index (χ1) is 4.16. The van der Waals surface area contributed by atoms with E-state index in [1.54, 1.807) is 0 Å². The summed E-state index contributed by atoms with van der Waals surface area (Å²) >= 11 is 1.86. The quantitative estimate of drug-likeness (QED) is 0.609. The van der Waals surface area contributed by atoms with Crippen molar-refractivity contribution in [1.82, 2.24) is 0 Å². The topological polar surface area (TPSA) is 26.0 Å². The lowest BCUT2D eigenvalue weighted by Gasteiger charge is -2.06. The minimum atomic E-state index is 0.571. The predicted octanol–water partition coefficient (Wildman–Crippen LogP) is 1.64. The number of thioether (sulfide) groups is 1. The molecular formula is C7H15NS. The van der Waals surface area contributed by atoms with E-state index < -0.39 is 0 Å². The maximum atomic E-state index is 5.41. The van der Waals surface area contributed by atoms with Crippen molar-refractivity contribution in [2.24, 2.45) is 5.73 Å². The van der Waals surface area contributed by atoms with Crippen molar-refractivity contribution in [3.63, 3.8) is 0 Å². The van der Waals surface area contributed by atoms with Crippen LogP contribution in [0.3, 0.4) is 0 Å². The second kappa shape index (κ2) is 4.89. The van der Waals surface area contributed by atoms with Crippen LogP contribution in [0, 0.1) is 0 Å². The maximum Gasteiger partial charge on any atom is 0.0145 e. The molecule has 0 rings (SSSR count). The van der Waals surface area contributed by atoms with Gasteiger partial charge in [0.25, 0.3) is 0 Å². The summed E-state index contributed by atoms with van der Waals surface area (Å²) in [5, 5.41) is 0.571. The molecule has 0 aromatic carbocycles. The lowest BCUT2D eigenvalue weighted by molar-refractivity contribution is 0.952. The molecule has 0 saturated carbocycles. The molecule has 0 amide bonds. The Balaban J connectivity index is 3.16. The minimum absolute atomic E-state index is 0.571. The van der Waals surface area contributed by atoms with Gasteiger partial charge in [0.05, 0.1) is 0 Å². The zero-order chi connectivity index (χ0) is 7.28. The van der Waals surface area contributed by atoms with Crippen LogP contribution in [0.15, 0.2) is 12.2 Å². The summed E-state index contributed by atoms with van der Waals surface area (Å²) in [6, 6.07) is 0. The molecule has 0 aliphatic carbocycles.